The van der Waals surface area contributed by atoms with E-state index >= 15 is 0 Å². The van der Waals surface area contributed by atoms with Crippen molar-refractivity contribution in [3.63, 3.8) is 0 Å². The van der Waals surface area contributed by atoms with Crippen LogP contribution in [0.3, 0.4) is 0 Å². The molecule has 0 aliphatic rings. The van der Waals surface area contributed by atoms with Gasteiger partial charge in [-0.3, -0.25) is 20.4 Å². The number of halogens is 1. The van der Waals surface area contributed by atoms with Gasteiger partial charge in [-0.1, -0.05) is 0 Å². The SMILES string of the molecule is CNS(=O)(=O)c1cc(C(=O)NNC(=O)c2ccc(F)cc2)n(C)c1. The molecule has 0 saturated carbocycles. The summed E-state index contributed by atoms with van der Waals surface area (Å²) in [5.41, 5.74) is 4.52. The summed E-state index contributed by atoms with van der Waals surface area (Å²) >= 11 is 0. The van der Waals surface area contributed by atoms with Crippen LogP contribution in [0.1, 0.15) is 20.8 Å². The van der Waals surface area contributed by atoms with Crippen molar-refractivity contribution in [2.45, 2.75) is 4.90 Å². The number of nitrogens with one attached hydrogen (secondary N) is 3. The van der Waals surface area contributed by atoms with E-state index in [-0.39, 0.29) is 16.2 Å². The summed E-state index contributed by atoms with van der Waals surface area (Å²) in [7, 11) is -0.939. The zero-order valence-corrected chi connectivity index (χ0v) is 13.6. The van der Waals surface area contributed by atoms with E-state index < -0.39 is 27.7 Å². The van der Waals surface area contributed by atoms with Gasteiger partial charge in [-0.15, -0.1) is 0 Å². The number of hydrazine groups is 1. The number of amides is 2. The van der Waals surface area contributed by atoms with Crippen LogP contribution in [0.25, 0.3) is 0 Å². The molecule has 1 heterocycles. The smallest absolute Gasteiger partial charge is 0.286 e. The van der Waals surface area contributed by atoms with E-state index in [1.807, 2.05) is 0 Å². The van der Waals surface area contributed by atoms with Crippen LogP contribution in [0.2, 0.25) is 0 Å². The van der Waals surface area contributed by atoms with Crippen molar-refractivity contribution in [1.29, 1.82) is 0 Å². The number of nitrogens with zero attached hydrogens (tertiary/aromatic N) is 1. The molecule has 2 aromatic rings. The first-order valence-electron chi connectivity index (χ1n) is 6.71. The molecule has 2 amide bonds. The highest BCUT2D eigenvalue weighted by molar-refractivity contribution is 7.89. The van der Waals surface area contributed by atoms with E-state index in [0.29, 0.717) is 0 Å². The molecule has 0 fully saturated rings. The maximum atomic E-state index is 12.8. The van der Waals surface area contributed by atoms with E-state index in [9.17, 15) is 22.4 Å². The molecular weight excluding hydrogens is 339 g/mol. The number of carbonyl (C=O) groups excluding carboxylic acids is 2. The Kier molecular flexibility index (Phi) is 5.00. The number of carbonyl (C=O) groups is 2. The van der Waals surface area contributed by atoms with E-state index in [1.165, 1.54) is 43.1 Å². The molecule has 10 heteroatoms. The highest BCUT2D eigenvalue weighted by Gasteiger charge is 2.19. The highest BCUT2D eigenvalue weighted by Crippen LogP contribution is 2.12. The van der Waals surface area contributed by atoms with Gasteiger partial charge in [0.1, 0.15) is 16.4 Å². The predicted octanol–water partition coefficient (Wildman–Crippen LogP) is 0.147. The zero-order chi connectivity index (χ0) is 17.9. The molecule has 0 aliphatic carbocycles. The van der Waals surface area contributed by atoms with Crippen LogP contribution in [0.4, 0.5) is 4.39 Å². The summed E-state index contributed by atoms with van der Waals surface area (Å²) in [6.07, 6.45) is 1.27. The molecule has 2 rings (SSSR count). The lowest BCUT2D eigenvalue weighted by molar-refractivity contribution is 0.0842. The van der Waals surface area contributed by atoms with E-state index in [2.05, 4.69) is 15.6 Å². The third-order valence-electron chi connectivity index (χ3n) is 3.19. The number of hydrogen-bond donors (Lipinski definition) is 3. The second kappa shape index (κ2) is 6.81. The minimum Gasteiger partial charge on any atom is -0.345 e. The van der Waals surface area contributed by atoms with Gasteiger partial charge < -0.3 is 4.57 Å². The van der Waals surface area contributed by atoms with Gasteiger partial charge in [-0.05, 0) is 37.4 Å². The Balaban J connectivity index is 2.08. The van der Waals surface area contributed by atoms with Gasteiger partial charge in [0.25, 0.3) is 11.8 Å². The van der Waals surface area contributed by atoms with Crippen LogP contribution < -0.4 is 15.6 Å². The molecule has 8 nitrogen and oxygen atoms in total. The van der Waals surface area contributed by atoms with Crippen molar-refractivity contribution in [3.05, 3.63) is 53.6 Å². The van der Waals surface area contributed by atoms with Crippen molar-refractivity contribution in [2.24, 2.45) is 7.05 Å². The lowest BCUT2D eigenvalue weighted by Gasteiger charge is -2.07. The third-order valence-corrected chi connectivity index (χ3v) is 4.57. The van der Waals surface area contributed by atoms with Crippen LogP contribution in [0, 0.1) is 5.82 Å². The lowest BCUT2D eigenvalue weighted by Crippen LogP contribution is -2.42. The quantitative estimate of drug-likeness (QED) is 0.679. The number of hydrogen-bond acceptors (Lipinski definition) is 4. The standard InChI is InChI=1S/C14H15FN4O4S/c1-16-24(22,23)11-7-12(19(2)8-11)14(21)18-17-13(20)9-3-5-10(15)6-4-9/h3-8,16H,1-2H3,(H,17,20)(H,18,21). The van der Waals surface area contributed by atoms with Gasteiger partial charge in [0.2, 0.25) is 10.0 Å². The Morgan fingerprint density at radius 3 is 2.25 bits per heavy atom. The molecule has 128 valence electrons. The second-order valence-corrected chi connectivity index (χ2v) is 6.68. The van der Waals surface area contributed by atoms with Crippen molar-refractivity contribution in [1.82, 2.24) is 20.1 Å². The molecule has 0 bridgehead atoms. The fourth-order valence-corrected chi connectivity index (χ4v) is 2.68. The van der Waals surface area contributed by atoms with Gasteiger partial charge in [0.15, 0.2) is 0 Å². The lowest BCUT2D eigenvalue weighted by atomic mass is 10.2. The van der Waals surface area contributed by atoms with Gasteiger partial charge in [-0.25, -0.2) is 17.5 Å². The highest BCUT2D eigenvalue weighted by atomic mass is 32.2. The Morgan fingerprint density at radius 2 is 1.67 bits per heavy atom. The first-order valence-corrected chi connectivity index (χ1v) is 8.19. The molecule has 24 heavy (non-hydrogen) atoms. The average molecular weight is 354 g/mol. The van der Waals surface area contributed by atoms with Gasteiger partial charge in [0, 0.05) is 18.8 Å². The number of aryl methyl sites for hydroxylation is 1. The van der Waals surface area contributed by atoms with Crippen LogP contribution in [0.5, 0.6) is 0 Å². The number of sulfonamides is 1. The Morgan fingerprint density at radius 1 is 1.08 bits per heavy atom. The number of benzene rings is 1. The van der Waals surface area contributed by atoms with Gasteiger partial charge in [-0.2, -0.15) is 0 Å². The monoisotopic (exact) mass is 354 g/mol. The minimum absolute atomic E-state index is 0.0308. The molecule has 0 radical (unpaired) electrons. The van der Waals surface area contributed by atoms with Crippen LogP contribution in [0.15, 0.2) is 41.4 Å². The first-order chi connectivity index (χ1) is 11.2. The molecule has 0 saturated heterocycles. The number of rotatable bonds is 4. The summed E-state index contributed by atoms with van der Waals surface area (Å²) in [5.74, 6) is -1.83. The fourth-order valence-electron chi connectivity index (χ4n) is 1.88. The molecule has 0 unspecified atom stereocenters. The normalized spacial score (nSPS) is 11.1. The van der Waals surface area contributed by atoms with Crippen molar-refractivity contribution < 1.29 is 22.4 Å². The predicted molar refractivity (Wildman–Crippen MR) is 83.0 cm³/mol. The maximum Gasteiger partial charge on any atom is 0.286 e. The van der Waals surface area contributed by atoms with Crippen LogP contribution in [-0.4, -0.2) is 31.8 Å². The van der Waals surface area contributed by atoms with Crippen molar-refractivity contribution in [3.8, 4) is 0 Å². The van der Waals surface area contributed by atoms with Gasteiger partial charge in [0.05, 0.1) is 0 Å². The topological polar surface area (TPSA) is 109 Å². The minimum atomic E-state index is -3.69. The summed E-state index contributed by atoms with van der Waals surface area (Å²) in [6, 6.07) is 5.92. The number of aromatic nitrogens is 1. The largest absolute Gasteiger partial charge is 0.345 e. The molecular formula is C14H15FN4O4S. The van der Waals surface area contributed by atoms with E-state index in [0.717, 1.165) is 12.1 Å². The molecule has 1 aromatic heterocycles. The summed E-state index contributed by atoms with van der Waals surface area (Å²) in [4.78, 5) is 23.8. The molecule has 0 aliphatic heterocycles. The average Bonchev–Trinajstić information content (AvgIpc) is 2.95. The summed E-state index contributed by atoms with van der Waals surface area (Å²) < 4.78 is 39.7. The van der Waals surface area contributed by atoms with E-state index in [1.54, 1.807) is 0 Å². The Labute approximate surface area is 137 Å². The van der Waals surface area contributed by atoms with Crippen LogP contribution in [-0.2, 0) is 17.1 Å². The molecule has 0 atom stereocenters. The fraction of sp³-hybridized carbons (Fsp3) is 0.143. The van der Waals surface area contributed by atoms with E-state index in [4.69, 9.17) is 0 Å². The Bertz CT molecular complexity index is 875. The molecule has 3 N–H and O–H groups in total. The maximum absolute atomic E-state index is 12.8. The van der Waals surface area contributed by atoms with Crippen LogP contribution >= 0.6 is 0 Å². The van der Waals surface area contributed by atoms with Crippen molar-refractivity contribution >= 4 is 21.8 Å². The second-order valence-electron chi connectivity index (χ2n) is 4.79. The third kappa shape index (κ3) is 3.78. The molecule has 1 aromatic carbocycles. The summed E-state index contributed by atoms with van der Waals surface area (Å²) in [6.45, 7) is 0. The first kappa shape index (κ1) is 17.6. The van der Waals surface area contributed by atoms with Gasteiger partial charge >= 0.3 is 0 Å². The Hall–Kier alpha value is -2.72. The zero-order valence-electron chi connectivity index (χ0n) is 12.8. The molecule has 0 spiro atoms. The van der Waals surface area contributed by atoms with Crippen molar-refractivity contribution in [2.75, 3.05) is 7.05 Å². The summed E-state index contributed by atoms with van der Waals surface area (Å²) in [5, 5.41) is 0.